The fourth-order valence-corrected chi connectivity index (χ4v) is 4.63. The minimum absolute atomic E-state index is 0.0997. The zero-order chi connectivity index (χ0) is 8.82. The van der Waals surface area contributed by atoms with Gasteiger partial charge in [-0.1, -0.05) is 0 Å². The Morgan fingerprint density at radius 3 is 2.67 bits per heavy atom. The van der Waals surface area contributed by atoms with Gasteiger partial charge in [0.2, 0.25) is 0 Å². The molecular weight excluding hydrogens is 178 g/mol. The maximum atomic E-state index is 11.0. The van der Waals surface area contributed by atoms with Crippen LogP contribution in [0.3, 0.4) is 0 Å². The quantitative estimate of drug-likeness (QED) is 0.536. The van der Waals surface area contributed by atoms with Crippen LogP contribution in [0.2, 0.25) is 0 Å². The van der Waals surface area contributed by atoms with E-state index in [9.17, 15) is 8.42 Å². The summed E-state index contributed by atoms with van der Waals surface area (Å²) >= 11 is 0. The van der Waals surface area contributed by atoms with Crippen LogP contribution in [0, 0.1) is 11.3 Å². The van der Waals surface area contributed by atoms with E-state index in [1.165, 1.54) is 0 Å². The lowest BCUT2D eigenvalue weighted by atomic mass is 9.81. The van der Waals surface area contributed by atoms with E-state index >= 15 is 0 Å². The summed E-state index contributed by atoms with van der Waals surface area (Å²) in [6, 6.07) is 0. The van der Waals surface area contributed by atoms with Crippen molar-refractivity contribution in [3.8, 4) is 0 Å². The van der Waals surface area contributed by atoms with Gasteiger partial charge in [-0.05, 0) is 0 Å². The van der Waals surface area contributed by atoms with Gasteiger partial charge < -0.3 is 10.4 Å². The molecule has 2 N–H and O–H groups in total. The molecule has 0 aliphatic carbocycles. The highest BCUT2D eigenvalue weighted by Gasteiger charge is 2.55. The van der Waals surface area contributed by atoms with Crippen molar-refractivity contribution < 1.29 is 13.5 Å². The summed E-state index contributed by atoms with van der Waals surface area (Å²) in [7, 11) is -2.77. The van der Waals surface area contributed by atoms with Crippen LogP contribution in [0.5, 0.6) is 0 Å². The summed E-state index contributed by atoms with van der Waals surface area (Å²) in [5.41, 5.74) is -0.131. The summed E-state index contributed by atoms with van der Waals surface area (Å²) in [6.45, 7) is 1.60. The zero-order valence-corrected chi connectivity index (χ0v) is 7.60. The van der Waals surface area contributed by atoms with Crippen molar-refractivity contribution >= 4 is 9.84 Å². The molecule has 2 fully saturated rings. The molecule has 2 aliphatic rings. The second-order valence-electron chi connectivity index (χ2n) is 3.91. The third-order valence-electron chi connectivity index (χ3n) is 2.97. The first-order valence-corrected chi connectivity index (χ1v) is 5.92. The van der Waals surface area contributed by atoms with E-state index in [0.717, 1.165) is 13.1 Å². The van der Waals surface area contributed by atoms with Crippen LogP contribution in [-0.4, -0.2) is 44.7 Å². The van der Waals surface area contributed by atoms with E-state index in [1.54, 1.807) is 0 Å². The molecule has 0 aromatic heterocycles. The molecule has 1 atom stereocenters. The summed E-state index contributed by atoms with van der Waals surface area (Å²) in [6.07, 6.45) is 0. The van der Waals surface area contributed by atoms with E-state index in [1.807, 2.05) is 0 Å². The van der Waals surface area contributed by atoms with Gasteiger partial charge in [0, 0.05) is 31.0 Å². The van der Waals surface area contributed by atoms with Crippen LogP contribution in [-0.2, 0) is 9.84 Å². The Labute approximate surface area is 71.9 Å². The van der Waals surface area contributed by atoms with Crippen LogP contribution in [0.25, 0.3) is 0 Å². The van der Waals surface area contributed by atoms with Crippen LogP contribution >= 0.6 is 0 Å². The first kappa shape index (κ1) is 8.47. The predicted molar refractivity (Wildman–Crippen MR) is 44.5 cm³/mol. The van der Waals surface area contributed by atoms with E-state index in [4.69, 9.17) is 5.11 Å². The average Bonchev–Trinajstić information content (AvgIpc) is 2.29. The summed E-state index contributed by atoms with van der Waals surface area (Å²) in [5, 5.41) is 12.1. The molecule has 12 heavy (non-hydrogen) atoms. The Morgan fingerprint density at radius 1 is 1.50 bits per heavy atom. The molecule has 0 aromatic carbocycles. The highest BCUT2D eigenvalue weighted by molar-refractivity contribution is 7.92. The smallest absolute Gasteiger partial charge is 0.151 e. The molecule has 1 spiro atoms. The summed E-state index contributed by atoms with van der Waals surface area (Å²) in [5.74, 6) is 0.664. The number of aliphatic hydroxyl groups is 1. The van der Waals surface area contributed by atoms with E-state index in [0.29, 0.717) is 0 Å². The fourth-order valence-electron chi connectivity index (χ4n) is 2.29. The standard InChI is InChI=1S/C7H13NO3S/c9-2-6-1-8-3-7(6)4-12(10,11)5-7/h6,8-9H,1-5H2. The maximum Gasteiger partial charge on any atom is 0.151 e. The molecule has 1 unspecified atom stereocenters. The Balaban J connectivity index is 2.14. The lowest BCUT2D eigenvalue weighted by Gasteiger charge is -2.41. The second kappa shape index (κ2) is 2.43. The largest absolute Gasteiger partial charge is 0.396 e. The second-order valence-corrected chi connectivity index (χ2v) is 5.97. The third-order valence-corrected chi connectivity index (χ3v) is 5.00. The number of sulfone groups is 1. The van der Waals surface area contributed by atoms with Gasteiger partial charge in [-0.15, -0.1) is 0 Å². The number of aliphatic hydroxyl groups excluding tert-OH is 1. The number of hydrogen-bond donors (Lipinski definition) is 2. The van der Waals surface area contributed by atoms with Crippen LogP contribution in [0.4, 0.5) is 0 Å². The van der Waals surface area contributed by atoms with Crippen LogP contribution in [0.1, 0.15) is 0 Å². The molecule has 0 saturated carbocycles. The zero-order valence-electron chi connectivity index (χ0n) is 6.78. The van der Waals surface area contributed by atoms with Gasteiger partial charge in [0.1, 0.15) is 0 Å². The van der Waals surface area contributed by atoms with Gasteiger partial charge in [0.25, 0.3) is 0 Å². The topological polar surface area (TPSA) is 66.4 Å². The Kier molecular flexibility index (Phi) is 1.72. The molecule has 4 nitrogen and oxygen atoms in total. The highest BCUT2D eigenvalue weighted by Crippen LogP contribution is 2.42. The van der Waals surface area contributed by atoms with Gasteiger partial charge in [-0.3, -0.25) is 0 Å². The molecular formula is C7H13NO3S. The molecule has 0 amide bonds. The molecule has 5 heteroatoms. The highest BCUT2D eigenvalue weighted by atomic mass is 32.2. The average molecular weight is 191 g/mol. The first-order valence-electron chi connectivity index (χ1n) is 4.10. The molecule has 70 valence electrons. The van der Waals surface area contributed by atoms with E-state index in [-0.39, 0.29) is 29.4 Å². The Morgan fingerprint density at radius 2 is 2.17 bits per heavy atom. The van der Waals surface area contributed by atoms with Gasteiger partial charge >= 0.3 is 0 Å². The minimum Gasteiger partial charge on any atom is -0.396 e. The lowest BCUT2D eigenvalue weighted by molar-refractivity contribution is 0.154. The summed E-state index contributed by atoms with van der Waals surface area (Å²) in [4.78, 5) is 0. The molecule has 0 radical (unpaired) electrons. The monoisotopic (exact) mass is 191 g/mol. The molecule has 2 rings (SSSR count). The number of rotatable bonds is 1. The Bertz CT molecular complexity index is 273. The van der Waals surface area contributed by atoms with Gasteiger partial charge in [0.15, 0.2) is 9.84 Å². The third kappa shape index (κ3) is 1.08. The normalized spacial score (nSPS) is 36.6. The van der Waals surface area contributed by atoms with E-state index in [2.05, 4.69) is 5.32 Å². The molecule has 2 aliphatic heterocycles. The van der Waals surface area contributed by atoms with Gasteiger partial charge in [-0.25, -0.2) is 8.42 Å². The van der Waals surface area contributed by atoms with Crippen molar-refractivity contribution in [3.63, 3.8) is 0 Å². The first-order chi connectivity index (χ1) is 5.58. The maximum absolute atomic E-state index is 11.0. The van der Waals surface area contributed by atoms with Crippen molar-refractivity contribution in [1.29, 1.82) is 0 Å². The number of hydrogen-bond acceptors (Lipinski definition) is 4. The fraction of sp³-hybridized carbons (Fsp3) is 1.00. The van der Waals surface area contributed by atoms with Crippen molar-refractivity contribution in [1.82, 2.24) is 5.32 Å². The summed E-state index contributed by atoms with van der Waals surface area (Å²) < 4.78 is 22.0. The predicted octanol–water partition coefficient (Wildman–Crippen LogP) is -1.39. The molecule has 2 heterocycles. The number of nitrogens with one attached hydrogen (secondary N) is 1. The van der Waals surface area contributed by atoms with Crippen LogP contribution < -0.4 is 5.32 Å². The van der Waals surface area contributed by atoms with Crippen molar-refractivity contribution in [3.05, 3.63) is 0 Å². The van der Waals surface area contributed by atoms with Crippen molar-refractivity contribution in [2.24, 2.45) is 11.3 Å². The SMILES string of the molecule is O=S1(=O)CC2(CNCC2CO)C1. The Hall–Kier alpha value is -0.130. The van der Waals surface area contributed by atoms with E-state index < -0.39 is 9.84 Å². The van der Waals surface area contributed by atoms with Crippen molar-refractivity contribution in [2.45, 2.75) is 0 Å². The molecule has 0 bridgehead atoms. The van der Waals surface area contributed by atoms with Gasteiger partial charge in [-0.2, -0.15) is 0 Å². The van der Waals surface area contributed by atoms with Gasteiger partial charge in [0.05, 0.1) is 11.5 Å². The molecule has 2 saturated heterocycles. The van der Waals surface area contributed by atoms with Crippen LogP contribution in [0.15, 0.2) is 0 Å². The van der Waals surface area contributed by atoms with Crippen molar-refractivity contribution in [2.75, 3.05) is 31.2 Å². The minimum atomic E-state index is -2.77. The molecule has 0 aromatic rings. The lowest BCUT2D eigenvalue weighted by Crippen LogP contribution is -2.54.